The molecule has 1 unspecified atom stereocenters. The maximum absolute atomic E-state index is 12.9. The van der Waals surface area contributed by atoms with Gasteiger partial charge in [-0.2, -0.15) is 0 Å². The van der Waals surface area contributed by atoms with Crippen LogP contribution in [-0.2, 0) is 4.79 Å². The van der Waals surface area contributed by atoms with Gasteiger partial charge < -0.3 is 4.74 Å². The first kappa shape index (κ1) is 16.7. The number of nitrogens with zero attached hydrogens (tertiary/aromatic N) is 1. The fourth-order valence-corrected chi connectivity index (χ4v) is 3.28. The molecule has 0 spiro atoms. The maximum Gasteiger partial charge on any atom is 0.267 e. The van der Waals surface area contributed by atoms with Gasteiger partial charge in [-0.1, -0.05) is 29.9 Å². The van der Waals surface area contributed by atoms with Crippen LogP contribution in [0.15, 0.2) is 42.5 Å². The van der Waals surface area contributed by atoms with Gasteiger partial charge in [0.25, 0.3) is 5.91 Å². The number of rotatable bonds is 5. The van der Waals surface area contributed by atoms with Crippen LogP contribution < -0.4 is 10.1 Å². The zero-order valence-electron chi connectivity index (χ0n) is 12.8. The Balaban J connectivity index is 1.72. The quantitative estimate of drug-likeness (QED) is 0.701. The molecule has 7 heteroatoms. The van der Waals surface area contributed by atoms with Crippen molar-refractivity contribution in [1.29, 1.82) is 0 Å². The molecule has 3 aromatic rings. The number of amides is 1. The molecule has 1 aromatic heterocycles. The molecule has 0 fully saturated rings. The van der Waals surface area contributed by atoms with Crippen LogP contribution in [0.5, 0.6) is 5.75 Å². The monoisotopic (exact) mass is 364 g/mol. The number of hydrogen-bond acceptors (Lipinski definition) is 4. The van der Waals surface area contributed by atoms with Gasteiger partial charge in [0.1, 0.15) is 11.6 Å². The number of aromatic nitrogens is 1. The van der Waals surface area contributed by atoms with Gasteiger partial charge in [0.15, 0.2) is 11.2 Å². The van der Waals surface area contributed by atoms with Crippen LogP contribution in [-0.4, -0.2) is 17.0 Å². The van der Waals surface area contributed by atoms with Crippen LogP contribution in [0, 0.1) is 5.82 Å². The van der Waals surface area contributed by atoms with E-state index in [4.69, 9.17) is 16.3 Å². The van der Waals surface area contributed by atoms with E-state index in [-0.39, 0.29) is 11.7 Å². The molecule has 1 heterocycles. The fourth-order valence-electron chi connectivity index (χ4n) is 2.14. The summed E-state index contributed by atoms with van der Waals surface area (Å²) in [6, 6.07) is 10.9. The predicted molar refractivity (Wildman–Crippen MR) is 94.4 cm³/mol. The number of nitrogens with one attached hydrogen (secondary N) is 1. The third kappa shape index (κ3) is 3.83. The maximum atomic E-state index is 12.9. The molecule has 2 aromatic carbocycles. The number of benzene rings is 2. The highest BCUT2D eigenvalue weighted by molar-refractivity contribution is 7.22. The summed E-state index contributed by atoms with van der Waals surface area (Å²) >= 11 is 7.30. The third-order valence-electron chi connectivity index (χ3n) is 3.34. The lowest BCUT2D eigenvalue weighted by molar-refractivity contribution is -0.122. The van der Waals surface area contributed by atoms with Crippen molar-refractivity contribution in [3.63, 3.8) is 0 Å². The van der Waals surface area contributed by atoms with E-state index >= 15 is 0 Å². The summed E-state index contributed by atoms with van der Waals surface area (Å²) in [6.07, 6.45) is -0.217. The Morgan fingerprint density at radius 3 is 2.79 bits per heavy atom. The van der Waals surface area contributed by atoms with Gasteiger partial charge in [0.05, 0.1) is 10.2 Å². The van der Waals surface area contributed by atoms with E-state index in [1.165, 1.54) is 35.6 Å². The molecule has 0 saturated carbocycles. The molecule has 0 aliphatic carbocycles. The van der Waals surface area contributed by atoms with Gasteiger partial charge in [-0.15, -0.1) is 0 Å². The van der Waals surface area contributed by atoms with E-state index in [2.05, 4.69) is 10.3 Å². The normalized spacial score (nSPS) is 12.1. The lowest BCUT2D eigenvalue weighted by atomic mass is 10.2. The minimum absolute atomic E-state index is 0.299. The zero-order valence-corrected chi connectivity index (χ0v) is 14.3. The first-order chi connectivity index (χ1) is 11.5. The molecular weight excluding hydrogens is 351 g/mol. The summed E-state index contributed by atoms with van der Waals surface area (Å²) in [5.41, 5.74) is 0.771. The van der Waals surface area contributed by atoms with Crippen LogP contribution in [0.3, 0.4) is 0 Å². The minimum atomic E-state index is -0.689. The Hall–Kier alpha value is -2.18. The summed E-state index contributed by atoms with van der Waals surface area (Å²) in [4.78, 5) is 16.7. The lowest BCUT2D eigenvalue weighted by Crippen LogP contribution is -2.32. The molecule has 124 valence electrons. The first-order valence-corrected chi connectivity index (χ1v) is 8.54. The van der Waals surface area contributed by atoms with Crippen LogP contribution in [0.4, 0.5) is 9.52 Å². The summed E-state index contributed by atoms with van der Waals surface area (Å²) in [7, 11) is 0. The number of fused-ring (bicyclic) bond motifs is 1. The number of carbonyl (C=O) groups is 1. The van der Waals surface area contributed by atoms with E-state index < -0.39 is 6.10 Å². The summed E-state index contributed by atoms with van der Waals surface area (Å²) in [5.74, 6) is -0.213. The average molecular weight is 365 g/mol. The van der Waals surface area contributed by atoms with Gasteiger partial charge in [0.2, 0.25) is 0 Å². The highest BCUT2D eigenvalue weighted by Crippen LogP contribution is 2.28. The van der Waals surface area contributed by atoms with Crippen molar-refractivity contribution in [2.75, 3.05) is 5.32 Å². The van der Waals surface area contributed by atoms with Crippen LogP contribution in [0.2, 0.25) is 5.02 Å². The van der Waals surface area contributed by atoms with Crippen molar-refractivity contribution >= 4 is 44.2 Å². The molecule has 0 bridgehead atoms. The van der Waals surface area contributed by atoms with Crippen LogP contribution >= 0.6 is 22.9 Å². The van der Waals surface area contributed by atoms with Crippen molar-refractivity contribution in [1.82, 2.24) is 4.98 Å². The number of carbonyl (C=O) groups excluding carboxylic acids is 1. The molecule has 0 aliphatic heterocycles. The topological polar surface area (TPSA) is 51.2 Å². The largest absolute Gasteiger partial charge is 0.481 e. The summed E-state index contributed by atoms with van der Waals surface area (Å²) < 4.78 is 19.4. The lowest BCUT2D eigenvalue weighted by Gasteiger charge is -2.16. The van der Waals surface area contributed by atoms with Crippen LogP contribution in [0.1, 0.15) is 13.3 Å². The second-order valence-corrected chi connectivity index (χ2v) is 6.56. The molecule has 24 heavy (non-hydrogen) atoms. The van der Waals surface area contributed by atoms with Crippen molar-refractivity contribution < 1.29 is 13.9 Å². The van der Waals surface area contributed by atoms with Gasteiger partial charge in [-0.05, 0) is 48.9 Å². The van der Waals surface area contributed by atoms with Crippen molar-refractivity contribution in [3.05, 3.63) is 53.3 Å². The van der Waals surface area contributed by atoms with E-state index in [1.807, 2.05) is 6.92 Å². The average Bonchev–Trinajstić information content (AvgIpc) is 2.95. The van der Waals surface area contributed by atoms with Crippen molar-refractivity contribution in [2.24, 2.45) is 0 Å². The van der Waals surface area contributed by atoms with Gasteiger partial charge in [-0.3, -0.25) is 10.1 Å². The number of hydrogen-bond donors (Lipinski definition) is 1. The Morgan fingerprint density at radius 1 is 1.33 bits per heavy atom. The molecule has 1 atom stereocenters. The van der Waals surface area contributed by atoms with Gasteiger partial charge in [0, 0.05) is 5.02 Å². The summed E-state index contributed by atoms with van der Waals surface area (Å²) in [6.45, 7) is 1.84. The fraction of sp³-hybridized carbons (Fsp3) is 0.176. The number of ether oxygens (including phenoxy) is 1. The van der Waals surface area contributed by atoms with Gasteiger partial charge in [-0.25, -0.2) is 9.37 Å². The minimum Gasteiger partial charge on any atom is -0.481 e. The van der Waals surface area contributed by atoms with E-state index in [1.54, 1.807) is 18.2 Å². The predicted octanol–water partition coefficient (Wildman–Crippen LogP) is 4.88. The summed E-state index contributed by atoms with van der Waals surface area (Å²) in [5, 5.41) is 3.86. The standard InChI is InChI=1S/C17H14ClFN2O2S/c1-2-14(23-12-6-4-11(19)5-7-12)16(22)21-17-20-13-8-3-10(18)9-15(13)24-17/h3-9,14H,2H2,1H3,(H,20,21,22). The molecule has 1 N–H and O–H groups in total. The molecular formula is C17H14ClFN2O2S. The van der Waals surface area contributed by atoms with Crippen LogP contribution in [0.25, 0.3) is 10.2 Å². The van der Waals surface area contributed by atoms with Gasteiger partial charge >= 0.3 is 0 Å². The molecule has 0 aliphatic rings. The number of thiazole rings is 1. The third-order valence-corrected chi connectivity index (χ3v) is 4.50. The first-order valence-electron chi connectivity index (χ1n) is 7.34. The van der Waals surface area contributed by atoms with E-state index in [9.17, 15) is 9.18 Å². The Kier molecular flexibility index (Phi) is 4.97. The Bertz CT molecular complexity index is 867. The van der Waals surface area contributed by atoms with E-state index in [0.29, 0.717) is 22.3 Å². The van der Waals surface area contributed by atoms with Crippen molar-refractivity contribution in [2.45, 2.75) is 19.4 Å². The van der Waals surface area contributed by atoms with Crippen molar-refractivity contribution in [3.8, 4) is 5.75 Å². The SMILES string of the molecule is CCC(Oc1ccc(F)cc1)C(=O)Nc1nc2ccc(Cl)cc2s1. The Morgan fingerprint density at radius 2 is 2.08 bits per heavy atom. The molecule has 1 amide bonds. The molecule has 4 nitrogen and oxygen atoms in total. The highest BCUT2D eigenvalue weighted by atomic mass is 35.5. The molecule has 3 rings (SSSR count). The number of anilines is 1. The second-order valence-electron chi connectivity index (χ2n) is 5.09. The smallest absolute Gasteiger partial charge is 0.267 e. The number of halogens is 2. The van der Waals surface area contributed by atoms with E-state index in [0.717, 1.165) is 10.2 Å². The molecule has 0 saturated heterocycles. The zero-order chi connectivity index (χ0) is 17.1. The highest BCUT2D eigenvalue weighted by Gasteiger charge is 2.20. The Labute approximate surface area is 147 Å². The second kappa shape index (κ2) is 7.15. The molecule has 0 radical (unpaired) electrons.